The molecule has 0 atom stereocenters. The summed E-state index contributed by atoms with van der Waals surface area (Å²) >= 11 is 7.38. The van der Waals surface area contributed by atoms with Gasteiger partial charge in [-0.1, -0.05) is 30.7 Å². The van der Waals surface area contributed by atoms with Crippen molar-refractivity contribution >= 4 is 51.9 Å². The van der Waals surface area contributed by atoms with Gasteiger partial charge in [0, 0.05) is 23.8 Å². The summed E-state index contributed by atoms with van der Waals surface area (Å²) in [4.78, 5) is 27.6. The van der Waals surface area contributed by atoms with Crippen LogP contribution in [0.4, 0.5) is 11.4 Å². The molecule has 1 fully saturated rings. The molecule has 1 saturated heterocycles. The van der Waals surface area contributed by atoms with E-state index in [-0.39, 0.29) is 16.6 Å². The number of non-ortho nitro benzene ring substituents is 1. The van der Waals surface area contributed by atoms with Crippen LogP contribution in [-0.2, 0) is 11.2 Å². The van der Waals surface area contributed by atoms with Crippen LogP contribution in [0, 0.1) is 10.1 Å². The third-order valence-corrected chi connectivity index (χ3v) is 5.78. The lowest BCUT2D eigenvalue weighted by Gasteiger charge is -2.00. The molecule has 0 aliphatic carbocycles. The van der Waals surface area contributed by atoms with Crippen molar-refractivity contribution in [2.24, 2.45) is 4.99 Å². The third kappa shape index (κ3) is 4.70. The van der Waals surface area contributed by atoms with Gasteiger partial charge in [0.2, 0.25) is 0 Å². The van der Waals surface area contributed by atoms with E-state index >= 15 is 0 Å². The Morgan fingerprint density at radius 1 is 1.19 bits per heavy atom. The van der Waals surface area contributed by atoms with E-state index in [2.05, 4.69) is 17.2 Å². The van der Waals surface area contributed by atoms with E-state index in [0.717, 1.165) is 12.1 Å². The summed E-state index contributed by atoms with van der Waals surface area (Å²) < 4.78 is 5.78. The maximum atomic E-state index is 12.3. The molecule has 9 heteroatoms. The van der Waals surface area contributed by atoms with Gasteiger partial charge < -0.3 is 9.73 Å². The fourth-order valence-electron chi connectivity index (χ4n) is 2.93. The number of hydrogen-bond acceptors (Lipinski definition) is 6. The van der Waals surface area contributed by atoms with Gasteiger partial charge in [-0.05, 0) is 54.1 Å². The molecule has 3 aromatic rings. The zero-order chi connectivity index (χ0) is 22.0. The first-order valence-electron chi connectivity index (χ1n) is 9.35. The number of benzene rings is 2. The Morgan fingerprint density at radius 3 is 2.65 bits per heavy atom. The average Bonchev–Trinajstić information content (AvgIpc) is 3.35. The molecule has 0 radical (unpaired) electrons. The Labute approximate surface area is 187 Å². The Balaban J connectivity index is 1.53. The van der Waals surface area contributed by atoms with Gasteiger partial charge in [-0.15, -0.1) is 0 Å². The first-order chi connectivity index (χ1) is 14.9. The van der Waals surface area contributed by atoms with Crippen molar-refractivity contribution in [3.8, 4) is 11.3 Å². The number of thioether (sulfide) groups is 1. The summed E-state index contributed by atoms with van der Waals surface area (Å²) in [6.07, 6.45) is 2.57. The van der Waals surface area contributed by atoms with Crippen molar-refractivity contribution in [3.05, 3.63) is 86.0 Å². The highest BCUT2D eigenvalue weighted by Crippen LogP contribution is 2.34. The summed E-state index contributed by atoms with van der Waals surface area (Å²) in [7, 11) is 0. The molecule has 2 heterocycles. The Bertz CT molecular complexity index is 1230. The molecule has 31 heavy (non-hydrogen) atoms. The molecule has 4 rings (SSSR count). The topological polar surface area (TPSA) is 97.7 Å². The Hall–Kier alpha value is -3.36. The van der Waals surface area contributed by atoms with Crippen molar-refractivity contribution < 1.29 is 14.1 Å². The number of amidine groups is 1. The predicted octanol–water partition coefficient (Wildman–Crippen LogP) is 5.96. The number of nitrogens with one attached hydrogen (secondary N) is 1. The van der Waals surface area contributed by atoms with Crippen molar-refractivity contribution in [3.63, 3.8) is 0 Å². The van der Waals surface area contributed by atoms with Gasteiger partial charge in [0.25, 0.3) is 11.6 Å². The number of nitro groups is 1. The lowest BCUT2D eigenvalue weighted by atomic mass is 10.1. The fraction of sp³-hybridized carbons (Fsp3) is 0.0909. The van der Waals surface area contributed by atoms with Crippen LogP contribution in [0.15, 0.2) is 68.9 Å². The van der Waals surface area contributed by atoms with Gasteiger partial charge in [0.15, 0.2) is 5.17 Å². The Kier molecular flexibility index (Phi) is 5.92. The molecule has 2 aromatic carbocycles. The smallest absolute Gasteiger partial charge is 0.270 e. The zero-order valence-electron chi connectivity index (χ0n) is 16.3. The molecule has 0 unspecified atom stereocenters. The second-order valence-corrected chi connectivity index (χ2v) is 8.06. The summed E-state index contributed by atoms with van der Waals surface area (Å²) in [6.45, 7) is 2.08. The van der Waals surface area contributed by atoms with Crippen LogP contribution in [0.1, 0.15) is 18.2 Å². The second-order valence-electron chi connectivity index (χ2n) is 6.63. The van der Waals surface area contributed by atoms with Gasteiger partial charge in [-0.25, -0.2) is 4.99 Å². The predicted molar refractivity (Wildman–Crippen MR) is 122 cm³/mol. The molecule has 0 saturated carbocycles. The standard InChI is InChI=1S/C22H16ClN3O4S/c1-2-13-3-5-14(6-4-13)24-22-25-21(27)20(31-22)12-16-8-10-19(30-16)17-9-7-15(26(28)29)11-18(17)23/h3-12H,2H2,1H3,(H,24,25,27). The number of halogens is 1. The van der Waals surface area contributed by atoms with Crippen LogP contribution < -0.4 is 5.32 Å². The molecule has 0 spiro atoms. The van der Waals surface area contributed by atoms with Crippen LogP contribution in [0.3, 0.4) is 0 Å². The average molecular weight is 454 g/mol. The number of aliphatic imine (C=N–C) groups is 1. The van der Waals surface area contributed by atoms with E-state index < -0.39 is 4.92 Å². The van der Waals surface area contributed by atoms with Crippen LogP contribution in [0.25, 0.3) is 17.4 Å². The van der Waals surface area contributed by atoms with Crippen molar-refractivity contribution in [2.75, 3.05) is 0 Å². The molecule has 156 valence electrons. The third-order valence-electron chi connectivity index (χ3n) is 4.56. The van der Waals surface area contributed by atoms with E-state index in [1.807, 2.05) is 24.3 Å². The normalized spacial score (nSPS) is 16.1. The minimum Gasteiger partial charge on any atom is -0.457 e. The van der Waals surface area contributed by atoms with Gasteiger partial charge in [0.05, 0.1) is 20.5 Å². The first kappa shape index (κ1) is 20.9. The first-order valence-corrected chi connectivity index (χ1v) is 10.5. The van der Waals surface area contributed by atoms with Crippen LogP contribution in [-0.4, -0.2) is 16.0 Å². The summed E-state index contributed by atoms with van der Waals surface area (Å²) in [5, 5.41) is 14.3. The summed E-state index contributed by atoms with van der Waals surface area (Å²) in [6, 6.07) is 15.4. The lowest BCUT2D eigenvalue weighted by molar-refractivity contribution is -0.384. The quantitative estimate of drug-likeness (QED) is 0.292. The molecule has 1 aromatic heterocycles. The molecular weight excluding hydrogens is 438 g/mol. The number of nitrogens with zero attached hydrogens (tertiary/aromatic N) is 2. The van der Waals surface area contributed by atoms with Crippen LogP contribution in [0.2, 0.25) is 5.02 Å². The van der Waals surface area contributed by atoms with E-state index in [0.29, 0.717) is 27.2 Å². The van der Waals surface area contributed by atoms with E-state index in [4.69, 9.17) is 16.0 Å². The molecule has 1 N–H and O–H groups in total. The van der Waals surface area contributed by atoms with E-state index in [1.54, 1.807) is 18.2 Å². The van der Waals surface area contributed by atoms with E-state index in [9.17, 15) is 14.9 Å². The molecule has 0 bridgehead atoms. The highest BCUT2D eigenvalue weighted by atomic mass is 35.5. The second kappa shape index (κ2) is 8.79. The molecule has 1 aliphatic rings. The van der Waals surface area contributed by atoms with Gasteiger partial charge >= 0.3 is 0 Å². The molecule has 1 amide bonds. The lowest BCUT2D eigenvalue weighted by Crippen LogP contribution is -2.19. The van der Waals surface area contributed by atoms with Crippen LogP contribution >= 0.6 is 23.4 Å². The van der Waals surface area contributed by atoms with E-state index in [1.165, 1.54) is 35.5 Å². The molecular formula is C22H16ClN3O4S. The fourth-order valence-corrected chi connectivity index (χ4v) is 4.02. The summed E-state index contributed by atoms with van der Waals surface area (Å²) in [5.74, 6) is 0.635. The molecule has 1 aliphatic heterocycles. The largest absolute Gasteiger partial charge is 0.457 e. The maximum Gasteiger partial charge on any atom is 0.270 e. The number of carbonyl (C=O) groups excluding carboxylic acids is 1. The monoisotopic (exact) mass is 453 g/mol. The van der Waals surface area contributed by atoms with Crippen molar-refractivity contribution in [1.82, 2.24) is 5.32 Å². The highest BCUT2D eigenvalue weighted by Gasteiger charge is 2.24. The Morgan fingerprint density at radius 2 is 1.97 bits per heavy atom. The van der Waals surface area contributed by atoms with Crippen molar-refractivity contribution in [1.29, 1.82) is 0 Å². The molecule has 7 nitrogen and oxygen atoms in total. The number of amides is 1. The van der Waals surface area contributed by atoms with Crippen molar-refractivity contribution in [2.45, 2.75) is 13.3 Å². The number of nitro benzene ring substituents is 1. The van der Waals surface area contributed by atoms with Gasteiger partial charge in [-0.2, -0.15) is 0 Å². The SMILES string of the molecule is CCc1ccc(N=C2NC(=O)C(=Cc3ccc(-c4ccc([N+](=O)[O-])cc4Cl)o3)S2)cc1. The number of hydrogen-bond donors (Lipinski definition) is 1. The number of aryl methyl sites for hydroxylation is 1. The number of rotatable bonds is 5. The minimum atomic E-state index is -0.513. The minimum absolute atomic E-state index is 0.0992. The highest BCUT2D eigenvalue weighted by molar-refractivity contribution is 8.18. The zero-order valence-corrected chi connectivity index (χ0v) is 17.9. The summed E-state index contributed by atoms with van der Waals surface area (Å²) in [5.41, 5.74) is 2.40. The van der Waals surface area contributed by atoms with Crippen LogP contribution in [0.5, 0.6) is 0 Å². The van der Waals surface area contributed by atoms with Gasteiger partial charge in [0.1, 0.15) is 11.5 Å². The number of carbonyl (C=O) groups is 1. The van der Waals surface area contributed by atoms with Gasteiger partial charge in [-0.3, -0.25) is 14.9 Å². The number of furan rings is 1. The maximum absolute atomic E-state index is 12.3.